The molecule has 0 unspecified atom stereocenters. The molecule has 0 bridgehead atoms. The predicted octanol–water partition coefficient (Wildman–Crippen LogP) is -0.498. The molecule has 0 radical (unpaired) electrons. The summed E-state index contributed by atoms with van der Waals surface area (Å²) in [7, 11) is 0. The van der Waals surface area contributed by atoms with E-state index in [1.54, 1.807) is 23.3 Å². The van der Waals surface area contributed by atoms with Crippen molar-refractivity contribution in [1.82, 2.24) is 0 Å². The maximum atomic E-state index is 3.67. The topological polar surface area (TPSA) is 0 Å². The second-order valence-electron chi connectivity index (χ2n) is 6.38. The summed E-state index contributed by atoms with van der Waals surface area (Å²) in [5.74, 6) is 0. The minimum absolute atomic E-state index is 0. The van der Waals surface area contributed by atoms with Crippen LogP contribution in [-0.2, 0) is 29.8 Å². The average molecular weight is 464 g/mol. The van der Waals surface area contributed by atoms with E-state index >= 15 is 0 Å². The van der Waals surface area contributed by atoms with Crippen LogP contribution in [0.15, 0.2) is 48.6 Å². The van der Waals surface area contributed by atoms with Crippen LogP contribution in [-0.4, -0.2) is 5.43 Å². The smallest absolute Gasteiger partial charge is 0.0195 e. The normalized spacial score (nSPS) is 12.8. The van der Waals surface area contributed by atoms with Crippen LogP contribution in [0.1, 0.15) is 28.7 Å². The average Bonchev–Trinajstić information content (AvgIpc) is 3.13. The molecule has 0 atom stereocenters. The number of fused-ring (bicyclic) bond motifs is 3. The predicted molar refractivity (Wildman–Crippen MR) is 97.5 cm³/mol. The fraction of sp³-hybridized carbons (Fsp3) is 0.238. The Morgan fingerprint density at radius 3 is 2.40 bits per heavy atom. The summed E-state index contributed by atoms with van der Waals surface area (Å²) in [6.45, 7) is 6.82. The number of rotatable bonds is 1. The van der Waals surface area contributed by atoms with E-state index in [4.69, 9.17) is 0 Å². The van der Waals surface area contributed by atoms with Gasteiger partial charge in [-0.2, -0.15) is 0 Å². The second kappa shape index (κ2) is 10.1. The molecule has 128 valence electrons. The van der Waals surface area contributed by atoms with Gasteiger partial charge in [0.2, 0.25) is 0 Å². The summed E-state index contributed by atoms with van der Waals surface area (Å²) in [5.41, 5.74) is 9.81. The maximum Gasteiger partial charge on any atom is -0.0195 e. The summed E-state index contributed by atoms with van der Waals surface area (Å²) >= 11 is 1.74. The van der Waals surface area contributed by atoms with E-state index in [1.807, 2.05) is 0 Å². The Balaban J connectivity index is 0.000000476. The number of hydrogen-bond acceptors (Lipinski definition) is 0. The zero-order valence-corrected chi connectivity index (χ0v) is 19.8. The molecule has 0 spiro atoms. The maximum absolute atomic E-state index is 3.67. The molecule has 0 saturated carbocycles. The molecule has 4 heteroatoms. The van der Waals surface area contributed by atoms with Crippen molar-refractivity contribution in [2.24, 2.45) is 0 Å². The van der Waals surface area contributed by atoms with Crippen LogP contribution in [0.4, 0.5) is 0 Å². The van der Waals surface area contributed by atoms with Crippen molar-refractivity contribution < 1.29 is 48.1 Å². The van der Waals surface area contributed by atoms with E-state index in [9.17, 15) is 0 Å². The first kappa shape index (κ1) is 22.6. The molecule has 0 heterocycles. The molecule has 0 amide bonds. The van der Waals surface area contributed by atoms with Gasteiger partial charge in [-0.05, 0) is 18.4 Å². The van der Waals surface area contributed by atoms with Crippen LogP contribution in [0.2, 0.25) is 13.1 Å². The molecule has 0 aromatic heterocycles. The van der Waals surface area contributed by atoms with Gasteiger partial charge in [-0.15, -0.1) is 40.5 Å². The van der Waals surface area contributed by atoms with Crippen molar-refractivity contribution >= 4 is 11.0 Å². The van der Waals surface area contributed by atoms with Crippen LogP contribution < -0.4 is 24.8 Å². The number of benzene rings is 2. The summed E-state index contributed by atoms with van der Waals surface area (Å²) in [6.07, 6.45) is 8.64. The number of halogens is 2. The third-order valence-corrected chi connectivity index (χ3v) is 4.12. The summed E-state index contributed by atoms with van der Waals surface area (Å²) in [5, 5.41) is 0. The van der Waals surface area contributed by atoms with Crippen molar-refractivity contribution in [1.29, 1.82) is 0 Å². The second-order valence-corrected chi connectivity index (χ2v) is 15.8. The van der Waals surface area contributed by atoms with Gasteiger partial charge in [0.1, 0.15) is 0 Å². The van der Waals surface area contributed by atoms with Gasteiger partial charge in [0.15, 0.2) is 0 Å². The van der Waals surface area contributed by atoms with E-state index < -0.39 is 0 Å². The van der Waals surface area contributed by atoms with E-state index in [2.05, 4.69) is 74.6 Å². The van der Waals surface area contributed by atoms with E-state index in [-0.39, 0.29) is 30.2 Å². The van der Waals surface area contributed by atoms with Crippen molar-refractivity contribution in [2.45, 2.75) is 32.9 Å². The van der Waals surface area contributed by atoms with Gasteiger partial charge in [-0.3, -0.25) is 0 Å². The van der Waals surface area contributed by atoms with Gasteiger partial charge in [-0.1, -0.05) is 54.5 Å². The Morgan fingerprint density at radius 1 is 1.08 bits per heavy atom. The largest absolute Gasteiger partial charge is 1.00 e. The molecule has 25 heavy (non-hydrogen) atoms. The van der Waals surface area contributed by atoms with Gasteiger partial charge in [0.05, 0.1) is 0 Å². The third kappa shape index (κ3) is 5.30. The Morgan fingerprint density at radius 2 is 1.76 bits per heavy atom. The Labute approximate surface area is 179 Å². The van der Waals surface area contributed by atoms with Crippen LogP contribution in [0.5, 0.6) is 0 Å². The molecule has 4 rings (SSSR count). The van der Waals surface area contributed by atoms with Crippen LogP contribution in [0.3, 0.4) is 0 Å². The van der Waals surface area contributed by atoms with Crippen LogP contribution >= 0.6 is 0 Å². The summed E-state index contributed by atoms with van der Waals surface area (Å²) in [4.78, 5) is 0. The first-order chi connectivity index (χ1) is 11.1. The first-order valence-electron chi connectivity index (χ1n) is 8.08. The monoisotopic (exact) mass is 461 g/mol. The van der Waals surface area contributed by atoms with Gasteiger partial charge in [-0.25, -0.2) is 0 Å². The number of aryl methyl sites for hydroxylation is 1. The Hall–Kier alpha value is -0.400. The fourth-order valence-corrected chi connectivity index (χ4v) is 3.17. The molecule has 2 aromatic rings. The Bertz CT molecular complexity index is 834. The molecule has 2 aromatic carbocycles. The molecule has 2 aliphatic rings. The molecular formula is C21H21Cl2SiZr-. The fourth-order valence-electron chi connectivity index (χ4n) is 3.17. The minimum Gasteiger partial charge on any atom is -1.00 e. The summed E-state index contributed by atoms with van der Waals surface area (Å²) < 4.78 is 0. The quantitative estimate of drug-likeness (QED) is 0.337. The zero-order valence-electron chi connectivity index (χ0n) is 14.8. The molecule has 0 saturated heterocycles. The van der Waals surface area contributed by atoms with E-state index in [0.29, 0.717) is 0 Å². The molecule has 0 nitrogen and oxygen atoms in total. The van der Waals surface area contributed by atoms with Crippen LogP contribution in [0, 0.1) is 13.0 Å². The number of allylic oxidation sites excluding steroid dienone is 4. The standard InChI is InChI=1S/C19H15.C2H6Si.2ClH.Zr/c1-13-10-19-16(11-15-8-4-5-9-17(15)19)12-18(13)14-6-2-3-7-14;1-3-2;;;/h2-6,8-10H,7,11H2,1H3;1-2H3;2*1H;/q-1;;;;+2/p-2. The van der Waals surface area contributed by atoms with Gasteiger partial charge in [0.25, 0.3) is 0 Å². The first-order valence-corrected chi connectivity index (χ1v) is 14.3. The summed E-state index contributed by atoms with van der Waals surface area (Å²) in [6, 6.07) is 14.7. The van der Waals surface area contributed by atoms with Crippen molar-refractivity contribution in [3.63, 3.8) is 0 Å². The molecule has 0 aliphatic heterocycles. The van der Waals surface area contributed by atoms with Gasteiger partial charge < -0.3 is 24.8 Å². The molecular weight excluding hydrogens is 442 g/mol. The van der Waals surface area contributed by atoms with Crippen molar-refractivity contribution in [2.75, 3.05) is 0 Å². The van der Waals surface area contributed by atoms with Crippen molar-refractivity contribution in [3.05, 3.63) is 76.9 Å². The zero-order chi connectivity index (χ0) is 16.4. The van der Waals surface area contributed by atoms with Crippen LogP contribution in [0.25, 0.3) is 16.7 Å². The molecule has 0 fully saturated rings. The van der Waals surface area contributed by atoms with E-state index in [0.717, 1.165) is 12.8 Å². The van der Waals surface area contributed by atoms with Gasteiger partial charge >= 0.3 is 41.9 Å². The van der Waals surface area contributed by atoms with Gasteiger partial charge in [0, 0.05) is 0 Å². The Kier molecular flexibility index (Phi) is 9.12. The molecule has 0 N–H and O–H groups in total. The SMILES string of the molecule is C[Si](C)=[Zr+2].Cc1cc2c([c-]c1C1=CC=CC1)Cc1ccccc1-2.[Cl-].[Cl-]. The molecule has 2 aliphatic carbocycles. The minimum atomic E-state index is 0. The number of hydrogen-bond donors (Lipinski definition) is 0. The van der Waals surface area contributed by atoms with E-state index in [1.165, 1.54) is 39.0 Å². The van der Waals surface area contributed by atoms with Crippen molar-refractivity contribution in [3.8, 4) is 11.1 Å². The third-order valence-electron chi connectivity index (χ3n) is 4.12.